The van der Waals surface area contributed by atoms with Crippen molar-refractivity contribution >= 4 is 50.1 Å². The lowest BCUT2D eigenvalue weighted by Gasteiger charge is -2.33. The number of nitrogens with one attached hydrogen (secondary N) is 2. The van der Waals surface area contributed by atoms with Gasteiger partial charge in [0.05, 0.1) is 18.3 Å². The zero-order valence-corrected chi connectivity index (χ0v) is 24.9. The molecule has 0 aliphatic rings. The third kappa shape index (κ3) is 8.77. The van der Waals surface area contributed by atoms with Gasteiger partial charge in [-0.2, -0.15) is 11.8 Å². The maximum Gasteiger partial charge on any atom is 0.271 e. The van der Waals surface area contributed by atoms with Gasteiger partial charge in [-0.15, -0.1) is 11.3 Å². The van der Waals surface area contributed by atoms with Crippen LogP contribution in [-0.4, -0.2) is 85.0 Å². The van der Waals surface area contributed by atoms with E-state index in [1.807, 2.05) is 36.6 Å². The van der Waals surface area contributed by atoms with Gasteiger partial charge in [-0.25, -0.2) is 17.7 Å². The minimum atomic E-state index is -3.56. The van der Waals surface area contributed by atoms with Crippen LogP contribution in [0.25, 0.3) is 0 Å². The molecule has 2 aromatic carbocycles. The number of thiazole rings is 1. The van der Waals surface area contributed by atoms with Crippen LogP contribution in [0.4, 0.5) is 5.13 Å². The van der Waals surface area contributed by atoms with E-state index in [0.29, 0.717) is 17.7 Å². The van der Waals surface area contributed by atoms with Crippen molar-refractivity contribution in [1.29, 1.82) is 0 Å². The third-order valence-electron chi connectivity index (χ3n) is 6.27. The van der Waals surface area contributed by atoms with Gasteiger partial charge in [-0.1, -0.05) is 48.5 Å². The fraction of sp³-hybridized carbons (Fsp3) is 0.370. The van der Waals surface area contributed by atoms with Crippen molar-refractivity contribution in [3.63, 3.8) is 0 Å². The Hall–Kier alpha value is -2.97. The maximum atomic E-state index is 13.2. The van der Waals surface area contributed by atoms with Gasteiger partial charge < -0.3 is 20.8 Å². The summed E-state index contributed by atoms with van der Waals surface area (Å²) < 4.78 is 24.7. The SMILES string of the molecule is CSCC[C@@H](NC(=O)c1ccccc1)[C@@H](O)[C@H](O)[C@H](Cc1ccccc1)NC(=O)c1csc(N(C)S(C)(=O)=O)n1. The van der Waals surface area contributed by atoms with Crippen molar-refractivity contribution in [1.82, 2.24) is 15.6 Å². The highest BCUT2D eigenvalue weighted by molar-refractivity contribution is 7.98. The number of aliphatic hydroxyl groups is 2. The molecule has 0 radical (unpaired) electrons. The Labute approximate surface area is 242 Å². The molecule has 40 heavy (non-hydrogen) atoms. The normalized spacial score (nSPS) is 14.5. The van der Waals surface area contributed by atoms with E-state index < -0.39 is 40.2 Å². The predicted molar refractivity (Wildman–Crippen MR) is 159 cm³/mol. The van der Waals surface area contributed by atoms with Crippen LogP contribution in [0.5, 0.6) is 0 Å². The van der Waals surface area contributed by atoms with Crippen LogP contribution >= 0.6 is 23.1 Å². The second-order valence-corrected chi connectivity index (χ2v) is 13.1. The Kier molecular flexibility index (Phi) is 11.5. The van der Waals surface area contributed by atoms with E-state index in [-0.39, 0.29) is 23.2 Å². The lowest BCUT2D eigenvalue weighted by atomic mass is 9.92. The van der Waals surface area contributed by atoms with E-state index in [1.165, 1.54) is 24.2 Å². The molecule has 0 saturated heterocycles. The minimum Gasteiger partial charge on any atom is -0.388 e. The number of thioether (sulfide) groups is 1. The van der Waals surface area contributed by atoms with E-state index in [4.69, 9.17) is 0 Å². The van der Waals surface area contributed by atoms with Gasteiger partial charge in [-0.3, -0.25) is 9.59 Å². The van der Waals surface area contributed by atoms with Gasteiger partial charge in [0.1, 0.15) is 17.9 Å². The minimum absolute atomic E-state index is 0.0217. The van der Waals surface area contributed by atoms with Gasteiger partial charge in [-0.05, 0) is 42.5 Å². The molecule has 0 saturated carbocycles. The highest BCUT2D eigenvalue weighted by atomic mass is 32.2. The van der Waals surface area contributed by atoms with Crippen molar-refractivity contribution in [2.75, 3.05) is 29.6 Å². The van der Waals surface area contributed by atoms with E-state index in [9.17, 15) is 28.2 Å². The Balaban J connectivity index is 1.83. The number of aromatic nitrogens is 1. The molecule has 0 fully saturated rings. The molecule has 13 heteroatoms. The molecule has 1 heterocycles. The molecule has 1 aromatic heterocycles. The summed E-state index contributed by atoms with van der Waals surface area (Å²) in [5.74, 6) is -0.397. The summed E-state index contributed by atoms with van der Waals surface area (Å²) in [6, 6.07) is 16.0. The smallest absolute Gasteiger partial charge is 0.271 e. The summed E-state index contributed by atoms with van der Waals surface area (Å²) in [4.78, 5) is 30.2. The number of carbonyl (C=O) groups excluding carboxylic acids is 2. The number of carbonyl (C=O) groups is 2. The van der Waals surface area contributed by atoms with Crippen molar-refractivity contribution in [3.8, 4) is 0 Å². The second-order valence-electron chi connectivity index (χ2n) is 9.22. The van der Waals surface area contributed by atoms with Gasteiger partial charge in [0.2, 0.25) is 10.0 Å². The molecule has 3 rings (SSSR count). The topological polar surface area (TPSA) is 149 Å². The van der Waals surface area contributed by atoms with Crippen LogP contribution < -0.4 is 14.9 Å². The zero-order chi connectivity index (χ0) is 29.3. The first-order valence-electron chi connectivity index (χ1n) is 12.5. The summed E-state index contributed by atoms with van der Waals surface area (Å²) in [5, 5.41) is 29.8. The summed E-state index contributed by atoms with van der Waals surface area (Å²) >= 11 is 2.53. The van der Waals surface area contributed by atoms with Crippen LogP contribution in [0.3, 0.4) is 0 Å². The van der Waals surface area contributed by atoms with Crippen molar-refractivity contribution < 1.29 is 28.2 Å². The fourth-order valence-electron chi connectivity index (χ4n) is 3.91. The molecule has 2 amide bonds. The van der Waals surface area contributed by atoms with Crippen LogP contribution in [0.2, 0.25) is 0 Å². The van der Waals surface area contributed by atoms with Crippen molar-refractivity contribution in [3.05, 3.63) is 82.9 Å². The molecular weight excluding hydrogens is 573 g/mol. The number of sulfonamides is 1. The third-order valence-corrected chi connectivity index (χ3v) is 9.11. The largest absolute Gasteiger partial charge is 0.388 e. The maximum absolute atomic E-state index is 13.2. The highest BCUT2D eigenvalue weighted by Gasteiger charge is 2.34. The average Bonchev–Trinajstić information content (AvgIpc) is 3.44. The summed E-state index contributed by atoms with van der Waals surface area (Å²) in [6.45, 7) is 0. The molecular formula is C27H34N4O6S3. The Morgan fingerprint density at radius 2 is 1.55 bits per heavy atom. The van der Waals surface area contributed by atoms with Crippen molar-refractivity contribution in [2.24, 2.45) is 0 Å². The van der Waals surface area contributed by atoms with E-state index in [2.05, 4.69) is 15.6 Å². The quantitative estimate of drug-likeness (QED) is 0.218. The average molecular weight is 607 g/mol. The van der Waals surface area contributed by atoms with E-state index in [1.54, 1.807) is 30.3 Å². The molecule has 0 aliphatic heterocycles. The van der Waals surface area contributed by atoms with Crippen LogP contribution in [-0.2, 0) is 16.4 Å². The van der Waals surface area contributed by atoms with Gasteiger partial charge in [0, 0.05) is 18.0 Å². The predicted octanol–water partition coefficient (Wildman–Crippen LogP) is 2.15. The van der Waals surface area contributed by atoms with Gasteiger partial charge in [0.15, 0.2) is 5.13 Å². The van der Waals surface area contributed by atoms with E-state index >= 15 is 0 Å². The Morgan fingerprint density at radius 3 is 2.15 bits per heavy atom. The van der Waals surface area contributed by atoms with Gasteiger partial charge in [0.25, 0.3) is 11.8 Å². The van der Waals surface area contributed by atoms with Crippen LogP contribution in [0.15, 0.2) is 66.0 Å². The number of hydrogen-bond donors (Lipinski definition) is 4. The zero-order valence-electron chi connectivity index (χ0n) is 22.4. The first-order valence-corrected chi connectivity index (χ1v) is 16.6. The molecule has 4 atom stereocenters. The second kappa shape index (κ2) is 14.6. The molecule has 10 nitrogen and oxygen atoms in total. The number of hydrogen-bond acceptors (Lipinski definition) is 9. The summed E-state index contributed by atoms with van der Waals surface area (Å²) in [5.41, 5.74) is 1.21. The molecule has 0 unspecified atom stereocenters. The van der Waals surface area contributed by atoms with Gasteiger partial charge >= 0.3 is 0 Å². The number of benzene rings is 2. The summed E-state index contributed by atoms with van der Waals surface area (Å²) in [6.07, 6.45) is 0.649. The molecule has 216 valence electrons. The highest BCUT2D eigenvalue weighted by Crippen LogP contribution is 2.22. The monoisotopic (exact) mass is 606 g/mol. The molecule has 0 spiro atoms. The first kappa shape index (κ1) is 31.6. The number of nitrogens with zero attached hydrogens (tertiary/aromatic N) is 2. The van der Waals surface area contributed by atoms with Crippen molar-refractivity contribution in [2.45, 2.75) is 37.1 Å². The summed E-state index contributed by atoms with van der Waals surface area (Å²) in [7, 11) is -2.22. The number of anilines is 1. The molecule has 0 aliphatic carbocycles. The first-order chi connectivity index (χ1) is 19.0. The van der Waals surface area contributed by atoms with Crippen LogP contribution in [0.1, 0.15) is 32.8 Å². The fourth-order valence-corrected chi connectivity index (χ4v) is 5.94. The molecule has 4 N–H and O–H groups in total. The molecule has 3 aromatic rings. The number of amides is 2. The van der Waals surface area contributed by atoms with Crippen LogP contribution in [0, 0.1) is 0 Å². The molecule has 0 bridgehead atoms. The Bertz CT molecular complexity index is 1350. The lowest BCUT2D eigenvalue weighted by molar-refractivity contribution is -0.0224. The Morgan fingerprint density at radius 1 is 0.975 bits per heavy atom. The standard InChI is InChI=1S/C27H34N4O6S3/c1-31(40(3,36)37)27-30-22(17-39-27)26(35)29-21(16-18-10-6-4-7-11-18)24(33)23(32)20(14-15-38-2)28-25(34)19-12-8-5-9-13-19/h4-13,17,20-21,23-24,32-33H,14-16H2,1-3H3,(H,28,34)(H,29,35)/t20-,21+,23-,24-/m1/s1. The number of aliphatic hydroxyl groups excluding tert-OH is 2. The number of rotatable bonds is 14. The lowest BCUT2D eigenvalue weighted by Crippen LogP contribution is -2.56. The van der Waals surface area contributed by atoms with E-state index in [0.717, 1.165) is 27.5 Å².